The van der Waals surface area contributed by atoms with Gasteiger partial charge in [-0.1, -0.05) is 29.4 Å². The van der Waals surface area contributed by atoms with Gasteiger partial charge in [0.15, 0.2) is 5.84 Å². The third-order valence-electron chi connectivity index (χ3n) is 2.68. The van der Waals surface area contributed by atoms with Crippen LogP contribution in [0.2, 0.25) is 0 Å². The molecule has 0 amide bonds. The number of amidine groups is 1. The van der Waals surface area contributed by atoms with E-state index < -0.39 is 0 Å². The monoisotopic (exact) mass is 245 g/mol. The van der Waals surface area contributed by atoms with Gasteiger partial charge in [-0.25, -0.2) is 9.67 Å². The molecule has 0 unspecified atom stereocenters. The van der Waals surface area contributed by atoms with E-state index in [-0.39, 0.29) is 5.84 Å². The van der Waals surface area contributed by atoms with Gasteiger partial charge in [0.05, 0.1) is 6.54 Å². The lowest BCUT2D eigenvalue weighted by atomic mass is 10.1. The van der Waals surface area contributed by atoms with Crippen molar-refractivity contribution < 1.29 is 5.21 Å². The first-order valence-electron chi connectivity index (χ1n) is 5.55. The van der Waals surface area contributed by atoms with Crippen molar-refractivity contribution in [3.8, 4) is 0 Å². The average molecular weight is 245 g/mol. The van der Waals surface area contributed by atoms with E-state index in [1.165, 1.54) is 0 Å². The van der Waals surface area contributed by atoms with Gasteiger partial charge in [-0.3, -0.25) is 0 Å². The molecule has 6 nitrogen and oxygen atoms in total. The largest absolute Gasteiger partial charge is 0.409 e. The Bertz CT molecular complexity index is 588. The van der Waals surface area contributed by atoms with Crippen LogP contribution in [0.4, 0.5) is 0 Å². The lowest BCUT2D eigenvalue weighted by Gasteiger charge is -2.08. The van der Waals surface area contributed by atoms with Crippen molar-refractivity contribution >= 4 is 5.84 Å². The summed E-state index contributed by atoms with van der Waals surface area (Å²) in [6.45, 7) is 4.28. The zero-order valence-corrected chi connectivity index (χ0v) is 10.3. The second-order valence-corrected chi connectivity index (χ2v) is 4.01. The lowest BCUT2D eigenvalue weighted by Crippen LogP contribution is -2.17. The molecule has 0 aliphatic rings. The van der Waals surface area contributed by atoms with Crippen molar-refractivity contribution in [2.45, 2.75) is 20.4 Å². The summed E-state index contributed by atoms with van der Waals surface area (Å²) < 4.78 is 1.79. The molecule has 1 aromatic carbocycles. The molecule has 0 saturated carbocycles. The van der Waals surface area contributed by atoms with Crippen LogP contribution in [0.25, 0.3) is 0 Å². The molecule has 0 aliphatic heterocycles. The molecule has 2 rings (SSSR count). The molecule has 0 bridgehead atoms. The molecule has 6 heteroatoms. The van der Waals surface area contributed by atoms with Crippen molar-refractivity contribution in [2.24, 2.45) is 10.9 Å². The number of oxime groups is 1. The van der Waals surface area contributed by atoms with Gasteiger partial charge in [0.1, 0.15) is 11.6 Å². The molecule has 0 fully saturated rings. The number of aryl methyl sites for hydroxylation is 2. The highest BCUT2D eigenvalue weighted by molar-refractivity contribution is 5.98. The van der Waals surface area contributed by atoms with Crippen LogP contribution < -0.4 is 5.73 Å². The minimum atomic E-state index is 0.0973. The van der Waals surface area contributed by atoms with E-state index in [0.29, 0.717) is 12.1 Å². The van der Waals surface area contributed by atoms with E-state index in [4.69, 9.17) is 10.9 Å². The number of nitrogens with zero attached hydrogens (tertiary/aromatic N) is 4. The molecule has 18 heavy (non-hydrogen) atoms. The number of nitrogens with two attached hydrogens (primary N) is 1. The highest BCUT2D eigenvalue weighted by Crippen LogP contribution is 2.11. The summed E-state index contributed by atoms with van der Waals surface area (Å²) in [5, 5.41) is 16.1. The molecule has 0 aliphatic carbocycles. The van der Waals surface area contributed by atoms with Crippen LogP contribution in [0.1, 0.15) is 22.8 Å². The summed E-state index contributed by atoms with van der Waals surface area (Å²) in [6.07, 6.45) is 0. The Morgan fingerprint density at radius 3 is 2.72 bits per heavy atom. The standard InChI is InChI=1S/C12H15N5O/c1-8-14-9(2)17(15-8)7-10-5-3-4-6-11(10)12(13)16-18/h3-6,18H,7H2,1-2H3,(H2,13,16). The van der Waals surface area contributed by atoms with Crippen LogP contribution in [0.3, 0.4) is 0 Å². The molecule has 2 aromatic rings. The molecule has 0 saturated heterocycles. The molecule has 0 radical (unpaired) electrons. The van der Waals surface area contributed by atoms with Crippen molar-refractivity contribution in [2.75, 3.05) is 0 Å². The highest BCUT2D eigenvalue weighted by atomic mass is 16.4. The van der Waals surface area contributed by atoms with Gasteiger partial charge >= 0.3 is 0 Å². The fraction of sp³-hybridized carbons (Fsp3) is 0.250. The van der Waals surface area contributed by atoms with Crippen LogP contribution in [0.15, 0.2) is 29.4 Å². The second-order valence-electron chi connectivity index (χ2n) is 4.01. The lowest BCUT2D eigenvalue weighted by molar-refractivity contribution is 0.318. The van der Waals surface area contributed by atoms with Gasteiger partial charge in [0.25, 0.3) is 0 Å². The van der Waals surface area contributed by atoms with Crippen LogP contribution >= 0.6 is 0 Å². The van der Waals surface area contributed by atoms with E-state index in [9.17, 15) is 0 Å². The summed E-state index contributed by atoms with van der Waals surface area (Å²) in [7, 11) is 0. The Labute approximate surface area is 105 Å². The predicted molar refractivity (Wildman–Crippen MR) is 67.6 cm³/mol. The van der Waals surface area contributed by atoms with Crippen LogP contribution in [0, 0.1) is 13.8 Å². The molecule has 3 N–H and O–H groups in total. The first-order valence-corrected chi connectivity index (χ1v) is 5.55. The predicted octanol–water partition coefficient (Wildman–Crippen LogP) is 1.04. The van der Waals surface area contributed by atoms with Gasteiger partial charge in [0.2, 0.25) is 0 Å². The number of hydrogen-bond donors (Lipinski definition) is 2. The second kappa shape index (κ2) is 4.87. The zero-order chi connectivity index (χ0) is 13.1. The van der Waals surface area contributed by atoms with Gasteiger partial charge in [-0.05, 0) is 19.4 Å². The third-order valence-corrected chi connectivity index (χ3v) is 2.68. The molecule has 1 heterocycles. The van der Waals surface area contributed by atoms with Gasteiger partial charge < -0.3 is 10.9 Å². The SMILES string of the molecule is Cc1nc(C)n(Cc2ccccc2C(N)=NO)n1. The zero-order valence-electron chi connectivity index (χ0n) is 10.3. The maximum atomic E-state index is 8.77. The number of aromatic nitrogens is 3. The molecule has 1 aromatic heterocycles. The van der Waals surface area contributed by atoms with Crippen LogP contribution in [-0.4, -0.2) is 25.8 Å². The number of benzene rings is 1. The first kappa shape index (κ1) is 12.1. The van der Waals surface area contributed by atoms with Gasteiger partial charge in [-0.15, -0.1) is 0 Å². The van der Waals surface area contributed by atoms with Crippen molar-refractivity contribution in [3.05, 3.63) is 47.0 Å². The van der Waals surface area contributed by atoms with Gasteiger partial charge in [0, 0.05) is 5.56 Å². The maximum Gasteiger partial charge on any atom is 0.170 e. The summed E-state index contributed by atoms with van der Waals surface area (Å²) in [5.41, 5.74) is 7.28. The third kappa shape index (κ3) is 2.32. The number of hydrogen-bond acceptors (Lipinski definition) is 4. The maximum absolute atomic E-state index is 8.77. The van der Waals surface area contributed by atoms with Crippen molar-refractivity contribution in [1.82, 2.24) is 14.8 Å². The smallest absolute Gasteiger partial charge is 0.170 e. The first-order chi connectivity index (χ1) is 8.61. The molecule has 0 spiro atoms. The van der Waals surface area contributed by atoms with E-state index in [1.54, 1.807) is 4.68 Å². The van der Waals surface area contributed by atoms with E-state index in [2.05, 4.69) is 15.2 Å². The average Bonchev–Trinajstić information content (AvgIpc) is 2.67. The normalized spacial score (nSPS) is 11.8. The molecule has 0 atom stereocenters. The fourth-order valence-corrected chi connectivity index (χ4v) is 1.83. The Kier molecular flexibility index (Phi) is 3.27. The van der Waals surface area contributed by atoms with Crippen LogP contribution in [0.5, 0.6) is 0 Å². The summed E-state index contributed by atoms with van der Waals surface area (Å²) in [5.74, 6) is 1.66. The Hall–Kier alpha value is -2.37. The minimum absolute atomic E-state index is 0.0973. The molecular formula is C12H15N5O. The summed E-state index contributed by atoms with van der Waals surface area (Å²) >= 11 is 0. The Morgan fingerprint density at radius 2 is 2.11 bits per heavy atom. The quantitative estimate of drug-likeness (QED) is 0.366. The molecular weight excluding hydrogens is 230 g/mol. The van der Waals surface area contributed by atoms with Gasteiger partial charge in [-0.2, -0.15) is 5.10 Å². The van der Waals surface area contributed by atoms with Crippen molar-refractivity contribution in [3.63, 3.8) is 0 Å². The molecule has 94 valence electrons. The summed E-state index contributed by atoms with van der Waals surface area (Å²) in [4.78, 5) is 4.24. The highest BCUT2D eigenvalue weighted by Gasteiger charge is 2.09. The van der Waals surface area contributed by atoms with Crippen LogP contribution in [-0.2, 0) is 6.54 Å². The van der Waals surface area contributed by atoms with E-state index in [1.807, 2.05) is 38.1 Å². The minimum Gasteiger partial charge on any atom is -0.409 e. The van der Waals surface area contributed by atoms with E-state index >= 15 is 0 Å². The van der Waals surface area contributed by atoms with Crippen molar-refractivity contribution in [1.29, 1.82) is 0 Å². The number of rotatable bonds is 3. The Balaban J connectivity index is 2.38. The fourth-order valence-electron chi connectivity index (χ4n) is 1.83. The topological polar surface area (TPSA) is 89.3 Å². The summed E-state index contributed by atoms with van der Waals surface area (Å²) in [6, 6.07) is 7.48. The Morgan fingerprint density at radius 1 is 1.39 bits per heavy atom. The van der Waals surface area contributed by atoms with E-state index in [0.717, 1.165) is 17.2 Å².